The van der Waals surface area contributed by atoms with Crippen LogP contribution >= 0.6 is 15.9 Å². The average Bonchev–Trinajstić information content (AvgIpc) is 2.47. The monoisotopic (exact) mass is 350 g/mol. The molecule has 0 saturated carbocycles. The number of pyridine rings is 1. The summed E-state index contributed by atoms with van der Waals surface area (Å²) in [7, 11) is 1.74. The van der Waals surface area contributed by atoms with Crippen LogP contribution in [0.3, 0.4) is 0 Å². The van der Waals surface area contributed by atoms with E-state index in [0.717, 1.165) is 16.4 Å². The summed E-state index contributed by atoms with van der Waals surface area (Å²) in [6, 6.07) is 5.41. The third-order valence-electron chi connectivity index (χ3n) is 3.70. The number of aromatic amines is 1. The van der Waals surface area contributed by atoms with Crippen molar-refractivity contribution >= 4 is 32.7 Å². The van der Waals surface area contributed by atoms with E-state index in [4.69, 9.17) is 0 Å². The Hall–Kier alpha value is -1.62. The molecule has 0 aliphatic rings. The molecule has 2 aromatic rings. The standard InChI is InChI=1S/C16H19BrN2O2/c1-4-10(2)9-19(3)16(21)13-8-18-14-6-5-11(17)7-12(14)15(13)20/h5-8,10H,4,9H2,1-3H3,(H,18,20)/t10-/m0/s1. The number of nitrogens with one attached hydrogen (secondary N) is 1. The van der Waals surface area contributed by atoms with Crippen molar-refractivity contribution in [1.29, 1.82) is 0 Å². The molecule has 0 aliphatic heterocycles. The molecule has 0 fully saturated rings. The number of halogens is 1. The number of hydrogen-bond donors (Lipinski definition) is 1. The Balaban J connectivity index is 2.40. The largest absolute Gasteiger partial charge is 0.360 e. The normalized spacial score (nSPS) is 12.4. The van der Waals surface area contributed by atoms with Crippen LogP contribution in [-0.4, -0.2) is 29.4 Å². The summed E-state index contributed by atoms with van der Waals surface area (Å²) < 4.78 is 0.818. The molecular formula is C16H19BrN2O2. The number of nitrogens with zero attached hydrogens (tertiary/aromatic N) is 1. The first-order chi connectivity index (χ1) is 9.93. The summed E-state index contributed by atoms with van der Waals surface area (Å²) in [6.45, 7) is 4.82. The Morgan fingerprint density at radius 2 is 2.14 bits per heavy atom. The van der Waals surface area contributed by atoms with Crippen LogP contribution in [0.4, 0.5) is 0 Å². The van der Waals surface area contributed by atoms with Gasteiger partial charge in [-0.15, -0.1) is 0 Å². The fourth-order valence-electron chi connectivity index (χ4n) is 2.23. The van der Waals surface area contributed by atoms with Crippen LogP contribution < -0.4 is 5.43 Å². The number of carbonyl (C=O) groups is 1. The maximum Gasteiger partial charge on any atom is 0.259 e. The number of hydrogen-bond acceptors (Lipinski definition) is 2. The van der Waals surface area contributed by atoms with Crippen molar-refractivity contribution < 1.29 is 4.79 Å². The lowest BCUT2D eigenvalue weighted by atomic mass is 10.1. The molecule has 1 heterocycles. The molecule has 1 aromatic heterocycles. The van der Waals surface area contributed by atoms with E-state index in [0.29, 0.717) is 17.8 Å². The van der Waals surface area contributed by atoms with Gasteiger partial charge in [-0.2, -0.15) is 0 Å². The Morgan fingerprint density at radius 3 is 2.81 bits per heavy atom. The predicted octanol–water partition coefficient (Wildman–Crippen LogP) is 3.41. The first-order valence-electron chi connectivity index (χ1n) is 7.00. The van der Waals surface area contributed by atoms with Gasteiger partial charge < -0.3 is 9.88 Å². The number of H-pyrrole nitrogens is 1. The van der Waals surface area contributed by atoms with E-state index in [2.05, 4.69) is 34.8 Å². The predicted molar refractivity (Wildman–Crippen MR) is 88.7 cm³/mol. The second-order valence-corrected chi connectivity index (χ2v) is 6.34. The lowest BCUT2D eigenvalue weighted by Crippen LogP contribution is -2.34. The van der Waals surface area contributed by atoms with Gasteiger partial charge in [0.05, 0.1) is 0 Å². The van der Waals surface area contributed by atoms with Gasteiger partial charge >= 0.3 is 0 Å². The van der Waals surface area contributed by atoms with Crippen molar-refractivity contribution in [3.63, 3.8) is 0 Å². The highest BCUT2D eigenvalue weighted by Gasteiger charge is 2.18. The van der Waals surface area contributed by atoms with Crippen LogP contribution in [0.15, 0.2) is 33.7 Å². The van der Waals surface area contributed by atoms with E-state index in [1.54, 1.807) is 18.0 Å². The Bertz CT molecular complexity index is 724. The van der Waals surface area contributed by atoms with Gasteiger partial charge in [-0.25, -0.2) is 0 Å². The number of amides is 1. The third-order valence-corrected chi connectivity index (χ3v) is 4.20. The summed E-state index contributed by atoms with van der Waals surface area (Å²) >= 11 is 3.35. The smallest absolute Gasteiger partial charge is 0.259 e. The molecule has 0 saturated heterocycles. The molecule has 112 valence electrons. The second-order valence-electron chi connectivity index (χ2n) is 5.42. The van der Waals surface area contributed by atoms with Crippen molar-refractivity contribution in [3.05, 3.63) is 44.7 Å². The molecule has 0 bridgehead atoms. The zero-order valence-corrected chi connectivity index (χ0v) is 14.0. The maximum atomic E-state index is 12.5. The SMILES string of the molecule is CC[C@H](C)CN(C)C(=O)c1c[nH]c2ccc(Br)cc2c1=O. The van der Waals surface area contributed by atoms with Crippen LogP contribution in [0.25, 0.3) is 10.9 Å². The number of fused-ring (bicyclic) bond motifs is 1. The Kier molecular flexibility index (Phi) is 4.83. The van der Waals surface area contributed by atoms with E-state index in [-0.39, 0.29) is 16.9 Å². The van der Waals surface area contributed by atoms with E-state index in [9.17, 15) is 9.59 Å². The zero-order chi connectivity index (χ0) is 15.6. The van der Waals surface area contributed by atoms with Gasteiger partial charge in [0.25, 0.3) is 5.91 Å². The van der Waals surface area contributed by atoms with Crippen molar-refractivity contribution in [1.82, 2.24) is 9.88 Å². The minimum atomic E-state index is -0.238. The number of aromatic nitrogens is 1. The van der Waals surface area contributed by atoms with E-state index >= 15 is 0 Å². The van der Waals surface area contributed by atoms with Gasteiger partial charge in [-0.05, 0) is 24.1 Å². The van der Waals surface area contributed by atoms with Crippen LogP contribution in [0.1, 0.15) is 30.6 Å². The molecule has 1 N–H and O–H groups in total. The van der Waals surface area contributed by atoms with Crippen LogP contribution in [0.2, 0.25) is 0 Å². The first kappa shape index (κ1) is 15.8. The molecule has 0 radical (unpaired) electrons. The van der Waals surface area contributed by atoms with Crippen molar-refractivity contribution in [2.24, 2.45) is 5.92 Å². The molecular weight excluding hydrogens is 332 g/mol. The molecule has 0 aliphatic carbocycles. The Labute approximate surface area is 132 Å². The molecule has 1 amide bonds. The Morgan fingerprint density at radius 1 is 1.43 bits per heavy atom. The lowest BCUT2D eigenvalue weighted by Gasteiger charge is -2.20. The van der Waals surface area contributed by atoms with Crippen LogP contribution in [0, 0.1) is 5.92 Å². The third kappa shape index (κ3) is 3.35. The van der Waals surface area contributed by atoms with Crippen molar-refractivity contribution in [2.75, 3.05) is 13.6 Å². The molecule has 21 heavy (non-hydrogen) atoms. The minimum Gasteiger partial charge on any atom is -0.360 e. The summed E-state index contributed by atoms with van der Waals surface area (Å²) in [6.07, 6.45) is 2.51. The van der Waals surface area contributed by atoms with Gasteiger partial charge in [0.15, 0.2) is 0 Å². The number of carbonyl (C=O) groups excluding carboxylic acids is 1. The molecule has 4 nitrogen and oxygen atoms in total. The quantitative estimate of drug-likeness (QED) is 0.918. The van der Waals surface area contributed by atoms with E-state index in [1.165, 1.54) is 6.20 Å². The zero-order valence-electron chi connectivity index (χ0n) is 12.4. The fourth-order valence-corrected chi connectivity index (χ4v) is 2.60. The van der Waals surface area contributed by atoms with Crippen LogP contribution in [0.5, 0.6) is 0 Å². The summed E-state index contributed by atoms with van der Waals surface area (Å²) in [5, 5.41) is 0.521. The lowest BCUT2D eigenvalue weighted by molar-refractivity contribution is 0.0773. The molecule has 0 spiro atoms. The highest BCUT2D eigenvalue weighted by molar-refractivity contribution is 9.10. The van der Waals surface area contributed by atoms with Crippen molar-refractivity contribution in [2.45, 2.75) is 20.3 Å². The highest BCUT2D eigenvalue weighted by atomic mass is 79.9. The van der Waals surface area contributed by atoms with Crippen LogP contribution in [-0.2, 0) is 0 Å². The van der Waals surface area contributed by atoms with E-state index in [1.807, 2.05) is 12.1 Å². The van der Waals surface area contributed by atoms with Gasteiger partial charge in [0, 0.05) is 35.2 Å². The topological polar surface area (TPSA) is 53.2 Å². The number of benzene rings is 1. The highest BCUT2D eigenvalue weighted by Crippen LogP contribution is 2.16. The summed E-state index contributed by atoms with van der Waals surface area (Å²) in [5.74, 6) is 0.172. The summed E-state index contributed by atoms with van der Waals surface area (Å²) in [4.78, 5) is 29.6. The van der Waals surface area contributed by atoms with E-state index < -0.39 is 0 Å². The van der Waals surface area contributed by atoms with Gasteiger partial charge in [0.1, 0.15) is 5.56 Å². The first-order valence-corrected chi connectivity index (χ1v) is 7.79. The average molecular weight is 351 g/mol. The maximum absolute atomic E-state index is 12.5. The van der Waals surface area contributed by atoms with Gasteiger partial charge in [-0.3, -0.25) is 9.59 Å². The molecule has 5 heteroatoms. The number of rotatable bonds is 4. The minimum absolute atomic E-state index is 0.186. The molecule has 0 unspecified atom stereocenters. The second kappa shape index (κ2) is 6.43. The summed E-state index contributed by atoms with van der Waals surface area (Å²) in [5.41, 5.74) is 0.682. The molecule has 1 aromatic carbocycles. The van der Waals surface area contributed by atoms with Crippen molar-refractivity contribution in [3.8, 4) is 0 Å². The molecule has 1 atom stereocenters. The molecule has 2 rings (SSSR count). The fraction of sp³-hybridized carbons (Fsp3) is 0.375. The van der Waals surface area contributed by atoms with Gasteiger partial charge in [-0.1, -0.05) is 36.2 Å². The van der Waals surface area contributed by atoms with Gasteiger partial charge in [0.2, 0.25) is 5.43 Å².